The number of carbonyl (C=O) groups excluding carboxylic acids is 2. The number of carboxylic acid groups (broad SMARTS) is 1. The highest BCUT2D eigenvalue weighted by Crippen LogP contribution is 2.46. The molecule has 3 aliphatic rings. The fraction of sp³-hybridized carbons (Fsp3) is 0.423. The zero-order chi connectivity index (χ0) is 23.7. The Balaban J connectivity index is 1.12. The highest BCUT2D eigenvalue weighted by molar-refractivity contribution is 5.86. The van der Waals surface area contributed by atoms with Crippen molar-refractivity contribution in [2.75, 3.05) is 26.3 Å². The van der Waals surface area contributed by atoms with Gasteiger partial charge in [-0.2, -0.15) is 0 Å². The first-order chi connectivity index (χ1) is 16.5. The van der Waals surface area contributed by atoms with Gasteiger partial charge in [0.2, 0.25) is 5.91 Å². The number of hydrogen-bond acceptors (Lipinski definition) is 5. The number of alkyl carbamates (subject to hydrolysis) is 1. The van der Waals surface area contributed by atoms with Gasteiger partial charge in [-0.25, -0.2) is 9.59 Å². The standard InChI is InChI=1S/C26H28N2O6/c29-23(30)22-16(9-12-33-22)13-27-24(31)26(10-11-26)15-28-25(32)34-14-21-19-7-3-1-5-17(19)18-6-2-4-8-20(18)21/h1-8,16,21-22H,9-15H2,(H,27,31)(H,28,32)(H,29,30). The third-order valence-corrected chi connectivity index (χ3v) is 7.23. The van der Waals surface area contributed by atoms with E-state index in [1.807, 2.05) is 24.3 Å². The second-order valence-electron chi connectivity index (χ2n) is 9.35. The van der Waals surface area contributed by atoms with Gasteiger partial charge >= 0.3 is 12.1 Å². The molecule has 2 aromatic rings. The summed E-state index contributed by atoms with van der Waals surface area (Å²) in [4.78, 5) is 36.4. The van der Waals surface area contributed by atoms with Gasteiger partial charge < -0.3 is 25.2 Å². The zero-order valence-electron chi connectivity index (χ0n) is 18.8. The van der Waals surface area contributed by atoms with Crippen LogP contribution in [-0.4, -0.2) is 55.5 Å². The van der Waals surface area contributed by atoms with Gasteiger partial charge in [-0.05, 0) is 41.5 Å². The van der Waals surface area contributed by atoms with E-state index in [-0.39, 0.29) is 37.4 Å². The summed E-state index contributed by atoms with van der Waals surface area (Å²) in [6.07, 6.45) is 0.519. The fourth-order valence-electron chi connectivity index (χ4n) is 5.05. The van der Waals surface area contributed by atoms with Crippen LogP contribution < -0.4 is 10.6 Å². The van der Waals surface area contributed by atoms with E-state index in [1.54, 1.807) is 0 Å². The van der Waals surface area contributed by atoms with Crippen LogP contribution in [0.15, 0.2) is 48.5 Å². The van der Waals surface area contributed by atoms with E-state index in [4.69, 9.17) is 9.47 Å². The smallest absolute Gasteiger partial charge is 0.407 e. The summed E-state index contributed by atoms with van der Waals surface area (Å²) in [5.41, 5.74) is 3.97. The van der Waals surface area contributed by atoms with Crippen LogP contribution in [0.4, 0.5) is 4.79 Å². The van der Waals surface area contributed by atoms with Gasteiger partial charge in [0.25, 0.3) is 0 Å². The summed E-state index contributed by atoms with van der Waals surface area (Å²) >= 11 is 0. The van der Waals surface area contributed by atoms with Gasteiger partial charge in [0.1, 0.15) is 6.61 Å². The van der Waals surface area contributed by atoms with E-state index in [9.17, 15) is 19.5 Å². The Labute approximate surface area is 197 Å². The molecule has 2 aliphatic carbocycles. The Morgan fingerprint density at radius 2 is 1.65 bits per heavy atom. The summed E-state index contributed by atoms with van der Waals surface area (Å²) in [7, 11) is 0. The number of benzene rings is 2. The molecule has 0 bridgehead atoms. The molecule has 0 aromatic heterocycles. The van der Waals surface area contributed by atoms with E-state index in [0.29, 0.717) is 25.9 Å². The van der Waals surface area contributed by atoms with Crippen LogP contribution >= 0.6 is 0 Å². The lowest BCUT2D eigenvalue weighted by atomic mass is 9.98. The van der Waals surface area contributed by atoms with Crippen molar-refractivity contribution in [3.63, 3.8) is 0 Å². The maximum Gasteiger partial charge on any atom is 0.407 e. The Morgan fingerprint density at radius 1 is 1.00 bits per heavy atom. The summed E-state index contributed by atoms with van der Waals surface area (Å²) in [6.45, 7) is 1.05. The Kier molecular flexibility index (Phi) is 6.00. The molecule has 34 heavy (non-hydrogen) atoms. The number of nitrogens with one attached hydrogen (secondary N) is 2. The number of hydrogen-bond donors (Lipinski definition) is 3. The molecule has 2 aromatic carbocycles. The minimum Gasteiger partial charge on any atom is -0.479 e. The molecular weight excluding hydrogens is 436 g/mol. The van der Waals surface area contributed by atoms with E-state index >= 15 is 0 Å². The quantitative estimate of drug-likeness (QED) is 0.554. The molecule has 8 heteroatoms. The number of ether oxygens (including phenoxy) is 2. The van der Waals surface area contributed by atoms with Crippen LogP contribution in [0.1, 0.15) is 36.3 Å². The molecule has 178 valence electrons. The maximum atomic E-state index is 12.7. The van der Waals surface area contributed by atoms with Gasteiger partial charge in [0.15, 0.2) is 6.10 Å². The van der Waals surface area contributed by atoms with Crippen molar-refractivity contribution in [2.45, 2.75) is 31.3 Å². The second kappa shape index (κ2) is 9.10. The van der Waals surface area contributed by atoms with Gasteiger partial charge in [0, 0.05) is 31.5 Å². The third-order valence-electron chi connectivity index (χ3n) is 7.23. The van der Waals surface area contributed by atoms with Crippen LogP contribution in [0.3, 0.4) is 0 Å². The van der Waals surface area contributed by atoms with Crippen LogP contribution in [0.5, 0.6) is 0 Å². The van der Waals surface area contributed by atoms with Crippen molar-refractivity contribution in [1.82, 2.24) is 10.6 Å². The monoisotopic (exact) mass is 464 g/mol. The van der Waals surface area contributed by atoms with E-state index in [0.717, 1.165) is 11.1 Å². The van der Waals surface area contributed by atoms with Crippen LogP contribution in [-0.2, 0) is 19.1 Å². The number of fused-ring (bicyclic) bond motifs is 3. The largest absolute Gasteiger partial charge is 0.479 e. The molecule has 2 amide bonds. The normalized spacial score (nSPS) is 21.9. The van der Waals surface area contributed by atoms with E-state index in [1.165, 1.54) is 11.1 Å². The second-order valence-corrected chi connectivity index (χ2v) is 9.35. The fourth-order valence-corrected chi connectivity index (χ4v) is 5.05. The van der Waals surface area contributed by atoms with Crippen molar-refractivity contribution in [3.8, 4) is 11.1 Å². The highest BCUT2D eigenvalue weighted by atomic mass is 16.5. The Hall–Kier alpha value is -3.39. The SMILES string of the molecule is O=C(NCC1(C(=O)NCC2CCOC2C(=O)O)CC1)OCC1c2ccccc2-c2ccccc21. The first-order valence-corrected chi connectivity index (χ1v) is 11.7. The molecule has 1 heterocycles. The predicted molar refractivity (Wildman–Crippen MR) is 123 cm³/mol. The summed E-state index contributed by atoms with van der Waals surface area (Å²) in [5, 5.41) is 14.8. The molecule has 0 radical (unpaired) electrons. The lowest BCUT2D eigenvalue weighted by molar-refractivity contribution is -0.149. The summed E-state index contributed by atoms with van der Waals surface area (Å²) < 4.78 is 10.8. The first-order valence-electron chi connectivity index (χ1n) is 11.7. The Morgan fingerprint density at radius 3 is 2.26 bits per heavy atom. The molecule has 3 N–H and O–H groups in total. The molecule has 0 spiro atoms. The first kappa shape index (κ1) is 22.4. The van der Waals surface area contributed by atoms with Crippen LogP contribution in [0.2, 0.25) is 0 Å². The minimum absolute atomic E-state index is 0.0212. The predicted octanol–water partition coefficient (Wildman–Crippen LogP) is 2.91. The molecule has 5 rings (SSSR count). The number of aliphatic carboxylic acids is 1. The van der Waals surface area contributed by atoms with E-state index < -0.39 is 23.6 Å². The van der Waals surface area contributed by atoms with Crippen molar-refractivity contribution < 1.29 is 29.0 Å². The molecule has 1 saturated carbocycles. The van der Waals surface area contributed by atoms with Crippen molar-refractivity contribution in [3.05, 3.63) is 59.7 Å². The van der Waals surface area contributed by atoms with Crippen molar-refractivity contribution in [1.29, 1.82) is 0 Å². The van der Waals surface area contributed by atoms with Crippen LogP contribution in [0, 0.1) is 11.3 Å². The molecule has 1 aliphatic heterocycles. The molecule has 2 atom stereocenters. The zero-order valence-corrected chi connectivity index (χ0v) is 18.8. The Bertz CT molecular complexity index is 1070. The number of amides is 2. The van der Waals surface area contributed by atoms with E-state index in [2.05, 4.69) is 34.9 Å². The molecule has 1 saturated heterocycles. The molecule has 8 nitrogen and oxygen atoms in total. The third kappa shape index (κ3) is 4.25. The lowest BCUT2D eigenvalue weighted by Crippen LogP contribution is -2.43. The highest BCUT2D eigenvalue weighted by Gasteiger charge is 2.50. The van der Waals surface area contributed by atoms with Crippen molar-refractivity contribution in [2.24, 2.45) is 11.3 Å². The topological polar surface area (TPSA) is 114 Å². The molecular formula is C26H28N2O6. The van der Waals surface area contributed by atoms with Crippen LogP contribution in [0.25, 0.3) is 11.1 Å². The van der Waals surface area contributed by atoms with Gasteiger partial charge in [0.05, 0.1) is 5.41 Å². The number of carbonyl (C=O) groups is 3. The average Bonchev–Trinajstić information content (AvgIpc) is 3.37. The molecule has 2 unspecified atom stereocenters. The lowest BCUT2D eigenvalue weighted by Gasteiger charge is -2.20. The maximum absolute atomic E-state index is 12.7. The van der Waals surface area contributed by atoms with Crippen molar-refractivity contribution >= 4 is 18.0 Å². The number of carboxylic acids is 1. The minimum atomic E-state index is -1.00. The average molecular weight is 465 g/mol. The van der Waals surface area contributed by atoms with Gasteiger partial charge in [-0.15, -0.1) is 0 Å². The van der Waals surface area contributed by atoms with Gasteiger partial charge in [-0.1, -0.05) is 48.5 Å². The summed E-state index contributed by atoms with van der Waals surface area (Å²) in [6, 6.07) is 16.3. The molecule has 2 fully saturated rings. The van der Waals surface area contributed by atoms with Gasteiger partial charge in [-0.3, -0.25) is 4.79 Å². The summed E-state index contributed by atoms with van der Waals surface area (Å²) in [5.74, 6) is -1.43. The number of rotatable bonds is 8.